The molecule has 2 N–H and O–H groups in total. The predicted molar refractivity (Wildman–Crippen MR) is 118 cm³/mol. The summed E-state index contributed by atoms with van der Waals surface area (Å²) in [6, 6.07) is 12.2. The van der Waals surface area contributed by atoms with E-state index >= 15 is 0 Å². The average molecular weight is 409 g/mol. The number of H-pyrrole nitrogens is 2. The first-order valence-electron chi connectivity index (χ1n) is 9.43. The first kappa shape index (κ1) is 17.0. The van der Waals surface area contributed by atoms with Gasteiger partial charge >= 0.3 is 0 Å². The molecule has 30 heavy (non-hydrogen) atoms. The molecule has 0 fully saturated rings. The van der Waals surface area contributed by atoms with Crippen molar-refractivity contribution in [2.75, 3.05) is 0 Å². The number of fused-ring (bicyclic) bond motifs is 2. The maximum atomic E-state index is 4.73. The Bertz CT molecular complexity index is 1510. The van der Waals surface area contributed by atoms with Crippen molar-refractivity contribution < 1.29 is 0 Å². The summed E-state index contributed by atoms with van der Waals surface area (Å²) in [6.07, 6.45) is 7.11. The van der Waals surface area contributed by atoms with E-state index < -0.39 is 0 Å². The Morgan fingerprint density at radius 2 is 1.87 bits per heavy atom. The first-order valence-corrected chi connectivity index (χ1v) is 10.2. The van der Waals surface area contributed by atoms with Gasteiger partial charge in [0.15, 0.2) is 11.5 Å². The number of pyridine rings is 3. The van der Waals surface area contributed by atoms with Crippen LogP contribution in [0.4, 0.5) is 0 Å². The van der Waals surface area contributed by atoms with Crippen LogP contribution in [0.3, 0.4) is 0 Å². The maximum Gasteiger partial charge on any atom is 0.178 e. The molecule has 6 aromatic rings. The third-order valence-corrected chi connectivity index (χ3v) is 6.08. The topological polar surface area (TPSA) is 96.0 Å². The fourth-order valence-electron chi connectivity index (χ4n) is 3.59. The molecule has 0 aliphatic carbocycles. The lowest BCUT2D eigenvalue weighted by Crippen LogP contribution is -1.85. The van der Waals surface area contributed by atoms with Gasteiger partial charge in [0.25, 0.3) is 0 Å². The van der Waals surface area contributed by atoms with E-state index in [9.17, 15) is 0 Å². The molecule has 0 saturated carbocycles. The molecular formula is C22H15N7S. The Labute approximate surface area is 174 Å². The summed E-state index contributed by atoms with van der Waals surface area (Å²) in [5, 5.41) is 8.51. The number of hydrogen-bond acceptors (Lipinski definition) is 6. The van der Waals surface area contributed by atoms with Crippen LogP contribution in [0.5, 0.6) is 0 Å². The van der Waals surface area contributed by atoms with Gasteiger partial charge in [0, 0.05) is 44.9 Å². The number of nitrogens with zero attached hydrogens (tertiary/aromatic N) is 5. The molecule has 6 heterocycles. The molecule has 7 nitrogen and oxygen atoms in total. The number of hydrogen-bond donors (Lipinski definition) is 2. The number of thiophene rings is 1. The molecule has 0 aromatic carbocycles. The minimum atomic E-state index is 0.674. The van der Waals surface area contributed by atoms with Crippen LogP contribution in [-0.4, -0.2) is 35.1 Å². The molecule has 0 saturated heterocycles. The highest BCUT2D eigenvalue weighted by Gasteiger charge is 2.17. The van der Waals surface area contributed by atoms with Gasteiger partial charge in [0.1, 0.15) is 5.69 Å². The molecule has 0 aliphatic rings. The molecule has 0 aliphatic heterocycles. The zero-order valence-corrected chi connectivity index (χ0v) is 16.7. The van der Waals surface area contributed by atoms with Gasteiger partial charge in [-0.15, -0.1) is 11.3 Å². The highest BCUT2D eigenvalue weighted by molar-refractivity contribution is 7.15. The van der Waals surface area contributed by atoms with Crippen LogP contribution in [0.2, 0.25) is 0 Å². The fourth-order valence-corrected chi connectivity index (χ4v) is 4.48. The van der Waals surface area contributed by atoms with Crippen molar-refractivity contribution in [2.45, 2.75) is 6.92 Å². The largest absolute Gasteiger partial charge is 0.335 e. The zero-order valence-electron chi connectivity index (χ0n) is 15.9. The summed E-state index contributed by atoms with van der Waals surface area (Å²) in [4.78, 5) is 23.7. The van der Waals surface area contributed by atoms with Crippen LogP contribution >= 0.6 is 11.3 Å². The third kappa shape index (κ3) is 2.69. The van der Waals surface area contributed by atoms with Crippen molar-refractivity contribution in [3.05, 3.63) is 66.1 Å². The number of aryl methyl sites for hydroxylation is 1. The molecule has 0 radical (unpaired) electrons. The minimum absolute atomic E-state index is 0.674. The molecule has 0 atom stereocenters. The quantitative estimate of drug-likeness (QED) is 0.429. The van der Waals surface area contributed by atoms with Crippen LogP contribution in [-0.2, 0) is 0 Å². The molecule has 6 rings (SSSR count). The van der Waals surface area contributed by atoms with Gasteiger partial charge in [-0.1, -0.05) is 0 Å². The summed E-state index contributed by atoms with van der Waals surface area (Å²) in [5.41, 5.74) is 6.13. The van der Waals surface area contributed by atoms with E-state index in [2.05, 4.69) is 49.2 Å². The second-order valence-corrected chi connectivity index (χ2v) is 8.26. The van der Waals surface area contributed by atoms with Crippen LogP contribution in [0.25, 0.3) is 55.3 Å². The summed E-state index contributed by atoms with van der Waals surface area (Å²) in [5.74, 6) is 0.677. The second-order valence-electron chi connectivity index (χ2n) is 6.98. The van der Waals surface area contributed by atoms with Crippen LogP contribution in [0, 0.1) is 6.92 Å². The van der Waals surface area contributed by atoms with Crippen molar-refractivity contribution in [1.82, 2.24) is 35.1 Å². The Hall–Kier alpha value is -3.91. The third-order valence-electron chi connectivity index (χ3n) is 5.05. The van der Waals surface area contributed by atoms with Crippen molar-refractivity contribution in [1.29, 1.82) is 0 Å². The van der Waals surface area contributed by atoms with Gasteiger partial charge in [0.2, 0.25) is 0 Å². The Kier molecular flexibility index (Phi) is 3.72. The van der Waals surface area contributed by atoms with Gasteiger partial charge in [0.05, 0.1) is 22.9 Å². The van der Waals surface area contributed by atoms with Gasteiger partial charge in [-0.3, -0.25) is 15.1 Å². The molecule has 8 heteroatoms. The normalized spacial score (nSPS) is 11.5. The van der Waals surface area contributed by atoms with E-state index in [-0.39, 0.29) is 0 Å². The smallest absolute Gasteiger partial charge is 0.178 e. The minimum Gasteiger partial charge on any atom is -0.335 e. The Morgan fingerprint density at radius 3 is 2.70 bits per heavy atom. The first-order chi connectivity index (χ1) is 14.8. The highest BCUT2D eigenvalue weighted by Crippen LogP contribution is 2.34. The predicted octanol–water partition coefficient (Wildman–Crippen LogP) is 5.00. The lowest BCUT2D eigenvalue weighted by atomic mass is 10.1. The lowest BCUT2D eigenvalue weighted by molar-refractivity contribution is 1.10. The molecular weight excluding hydrogens is 394 g/mol. The van der Waals surface area contributed by atoms with Crippen molar-refractivity contribution in [2.24, 2.45) is 0 Å². The van der Waals surface area contributed by atoms with E-state index in [4.69, 9.17) is 4.98 Å². The maximum absolute atomic E-state index is 4.73. The SMILES string of the molecule is Cc1ccc(-c2ccnc3nc(-c4n[nH]c5cnc(-c6ccncc6)cc45)[nH]c23)s1. The van der Waals surface area contributed by atoms with E-state index in [0.29, 0.717) is 11.5 Å². The summed E-state index contributed by atoms with van der Waals surface area (Å²) < 4.78 is 0. The van der Waals surface area contributed by atoms with Crippen molar-refractivity contribution in [3.8, 4) is 33.2 Å². The fraction of sp³-hybridized carbons (Fsp3) is 0.0455. The van der Waals surface area contributed by atoms with Crippen molar-refractivity contribution in [3.63, 3.8) is 0 Å². The van der Waals surface area contributed by atoms with E-state index in [1.165, 1.54) is 9.75 Å². The van der Waals surface area contributed by atoms with Crippen LogP contribution < -0.4 is 0 Å². The van der Waals surface area contributed by atoms with Gasteiger partial charge < -0.3 is 4.98 Å². The van der Waals surface area contributed by atoms with E-state index in [1.54, 1.807) is 36.1 Å². The number of aromatic amines is 2. The average Bonchev–Trinajstić information content (AvgIpc) is 3.51. The van der Waals surface area contributed by atoms with Crippen LogP contribution in [0.1, 0.15) is 4.88 Å². The Morgan fingerprint density at radius 1 is 0.967 bits per heavy atom. The van der Waals surface area contributed by atoms with Gasteiger partial charge in [-0.2, -0.15) is 5.10 Å². The molecule has 0 spiro atoms. The monoisotopic (exact) mass is 409 g/mol. The summed E-state index contributed by atoms with van der Waals surface area (Å²) in [6.45, 7) is 2.11. The number of imidazole rings is 1. The molecule has 0 unspecified atom stereocenters. The number of nitrogens with one attached hydrogen (secondary N) is 2. The van der Waals surface area contributed by atoms with E-state index in [0.717, 1.165) is 38.9 Å². The van der Waals surface area contributed by atoms with Crippen molar-refractivity contribution >= 4 is 33.4 Å². The van der Waals surface area contributed by atoms with E-state index in [1.807, 2.05) is 24.3 Å². The highest BCUT2D eigenvalue weighted by atomic mass is 32.1. The van der Waals surface area contributed by atoms with Gasteiger partial charge in [-0.25, -0.2) is 9.97 Å². The molecule has 0 amide bonds. The molecule has 6 aromatic heterocycles. The zero-order chi connectivity index (χ0) is 20.1. The lowest BCUT2D eigenvalue weighted by Gasteiger charge is -2.00. The van der Waals surface area contributed by atoms with Crippen LogP contribution in [0.15, 0.2) is 61.2 Å². The second kappa shape index (κ2) is 6.57. The Balaban J connectivity index is 1.52. The summed E-state index contributed by atoms with van der Waals surface area (Å²) in [7, 11) is 0. The standard InChI is InChI=1S/C22H15N7S/c1-12-2-3-18(30-12)14-6-9-24-21-19(14)26-22(27-21)20-15-10-16(13-4-7-23-8-5-13)25-11-17(15)28-29-20/h2-11H,1H3,(H,28,29)(H,24,26,27). The van der Waals surface area contributed by atoms with Gasteiger partial charge in [-0.05, 0) is 43.3 Å². The number of aromatic nitrogens is 7. The molecule has 144 valence electrons. The summed E-state index contributed by atoms with van der Waals surface area (Å²) >= 11 is 1.75. The molecule has 0 bridgehead atoms. The number of rotatable bonds is 3.